The Hall–Kier alpha value is -1.85. The third-order valence-corrected chi connectivity index (χ3v) is 4.23. The van der Waals surface area contributed by atoms with E-state index in [0.717, 1.165) is 32.1 Å². The van der Waals surface area contributed by atoms with Gasteiger partial charge in [-0.2, -0.15) is 0 Å². The molecule has 3 rings (SSSR count). The van der Waals surface area contributed by atoms with Crippen molar-refractivity contribution in [3.8, 4) is 0 Å². The maximum atomic E-state index is 12.8. The first-order chi connectivity index (χ1) is 9.70. The van der Waals surface area contributed by atoms with Crippen LogP contribution in [0.4, 0.5) is 0 Å². The van der Waals surface area contributed by atoms with Gasteiger partial charge in [0, 0.05) is 19.0 Å². The van der Waals surface area contributed by atoms with Gasteiger partial charge in [0.1, 0.15) is 5.54 Å². The molecule has 20 heavy (non-hydrogen) atoms. The van der Waals surface area contributed by atoms with Crippen LogP contribution in [0.25, 0.3) is 0 Å². The summed E-state index contributed by atoms with van der Waals surface area (Å²) in [7, 11) is 0. The van der Waals surface area contributed by atoms with Gasteiger partial charge in [0.25, 0.3) is 0 Å². The summed E-state index contributed by atoms with van der Waals surface area (Å²) >= 11 is 0. The molecule has 0 bridgehead atoms. The van der Waals surface area contributed by atoms with Crippen molar-refractivity contribution in [3.05, 3.63) is 18.0 Å². The summed E-state index contributed by atoms with van der Waals surface area (Å²) in [5.41, 5.74) is -0.689. The van der Waals surface area contributed by atoms with Crippen LogP contribution in [-0.2, 0) is 16.1 Å². The van der Waals surface area contributed by atoms with Crippen LogP contribution in [0, 0.1) is 0 Å². The second-order valence-electron chi connectivity index (χ2n) is 5.65. The van der Waals surface area contributed by atoms with E-state index in [1.807, 2.05) is 0 Å². The van der Waals surface area contributed by atoms with Gasteiger partial charge in [-0.1, -0.05) is 24.4 Å². The molecule has 108 valence electrons. The van der Waals surface area contributed by atoms with Crippen LogP contribution < -0.4 is 5.32 Å². The number of carbonyl (C=O) groups excluding carboxylic acids is 2. The molecule has 2 fully saturated rings. The van der Waals surface area contributed by atoms with Crippen molar-refractivity contribution in [3.63, 3.8) is 0 Å². The van der Waals surface area contributed by atoms with Crippen molar-refractivity contribution >= 4 is 11.8 Å². The topological polar surface area (TPSA) is 75.4 Å². The van der Waals surface area contributed by atoms with E-state index in [2.05, 4.69) is 10.5 Å². The van der Waals surface area contributed by atoms with E-state index in [1.165, 1.54) is 0 Å². The molecular weight excluding hydrogens is 258 g/mol. The van der Waals surface area contributed by atoms with Crippen LogP contribution in [-0.4, -0.2) is 34.0 Å². The molecular formula is C14H19N3O3. The van der Waals surface area contributed by atoms with Gasteiger partial charge in [-0.3, -0.25) is 9.59 Å². The van der Waals surface area contributed by atoms with E-state index in [1.54, 1.807) is 17.2 Å². The predicted octanol–water partition coefficient (Wildman–Crippen LogP) is 1.23. The normalized spacial score (nSPS) is 22.7. The van der Waals surface area contributed by atoms with Gasteiger partial charge < -0.3 is 14.7 Å². The zero-order valence-electron chi connectivity index (χ0n) is 11.4. The van der Waals surface area contributed by atoms with Crippen LogP contribution in [0.2, 0.25) is 0 Å². The van der Waals surface area contributed by atoms with Crippen molar-refractivity contribution in [2.24, 2.45) is 0 Å². The maximum absolute atomic E-state index is 12.8. The van der Waals surface area contributed by atoms with Crippen molar-refractivity contribution in [2.75, 3.05) is 6.54 Å². The highest BCUT2D eigenvalue weighted by molar-refractivity contribution is 5.93. The van der Waals surface area contributed by atoms with Crippen molar-refractivity contribution < 1.29 is 14.1 Å². The number of carbonyl (C=O) groups is 2. The summed E-state index contributed by atoms with van der Waals surface area (Å²) in [4.78, 5) is 26.5. The fraction of sp³-hybridized carbons (Fsp3) is 0.643. The van der Waals surface area contributed by atoms with Gasteiger partial charge in [0.2, 0.25) is 11.8 Å². The summed E-state index contributed by atoms with van der Waals surface area (Å²) in [6.07, 6.45) is 6.51. The predicted molar refractivity (Wildman–Crippen MR) is 70.5 cm³/mol. The molecule has 1 saturated heterocycles. The Kier molecular flexibility index (Phi) is 3.46. The molecule has 2 amide bonds. The fourth-order valence-corrected chi connectivity index (χ4v) is 3.18. The molecule has 1 spiro atoms. The van der Waals surface area contributed by atoms with Crippen molar-refractivity contribution in [1.82, 2.24) is 15.4 Å². The lowest BCUT2D eigenvalue weighted by Crippen LogP contribution is -2.57. The molecule has 1 aliphatic heterocycles. The summed E-state index contributed by atoms with van der Waals surface area (Å²) in [6.45, 7) is 0.822. The highest BCUT2D eigenvalue weighted by Crippen LogP contribution is 2.32. The lowest BCUT2D eigenvalue weighted by Gasteiger charge is -2.37. The number of aromatic nitrogens is 1. The number of amides is 2. The van der Waals surface area contributed by atoms with Crippen LogP contribution in [0.5, 0.6) is 0 Å². The third-order valence-electron chi connectivity index (χ3n) is 4.23. The molecule has 6 nitrogen and oxygen atoms in total. The second kappa shape index (κ2) is 5.26. The SMILES string of the molecule is O=C1CCN(Cc2ccno2)C(=O)C2(CCCCC2)N1. The largest absolute Gasteiger partial charge is 0.360 e. The first-order valence-electron chi connectivity index (χ1n) is 7.20. The van der Waals surface area contributed by atoms with Crippen LogP contribution in [0.3, 0.4) is 0 Å². The van der Waals surface area contributed by atoms with Gasteiger partial charge in [-0.05, 0) is 12.8 Å². The number of hydrogen-bond acceptors (Lipinski definition) is 4. The first kappa shape index (κ1) is 13.1. The minimum Gasteiger partial charge on any atom is -0.360 e. The van der Waals surface area contributed by atoms with Crippen LogP contribution in [0.1, 0.15) is 44.3 Å². The van der Waals surface area contributed by atoms with E-state index >= 15 is 0 Å². The lowest BCUT2D eigenvalue weighted by molar-refractivity contribution is -0.141. The van der Waals surface area contributed by atoms with Gasteiger partial charge in [-0.15, -0.1) is 0 Å². The van der Waals surface area contributed by atoms with Crippen LogP contribution in [0.15, 0.2) is 16.8 Å². The smallest absolute Gasteiger partial charge is 0.248 e. The fourth-order valence-electron chi connectivity index (χ4n) is 3.18. The summed E-state index contributed by atoms with van der Waals surface area (Å²) < 4.78 is 5.08. The Labute approximate surface area is 117 Å². The van der Waals surface area contributed by atoms with Gasteiger partial charge >= 0.3 is 0 Å². The molecule has 2 aliphatic rings. The molecule has 0 atom stereocenters. The number of rotatable bonds is 2. The first-order valence-corrected chi connectivity index (χ1v) is 7.20. The van der Waals surface area contributed by atoms with E-state index in [4.69, 9.17) is 4.52 Å². The molecule has 1 aliphatic carbocycles. The van der Waals surface area contributed by atoms with Crippen molar-refractivity contribution in [1.29, 1.82) is 0 Å². The molecule has 1 aromatic rings. The minimum absolute atomic E-state index is 0.0273. The number of hydrogen-bond donors (Lipinski definition) is 1. The molecule has 6 heteroatoms. The van der Waals surface area contributed by atoms with Crippen LogP contribution >= 0.6 is 0 Å². The summed E-state index contributed by atoms with van der Waals surface area (Å²) in [6, 6.07) is 1.75. The molecule has 0 aromatic carbocycles. The van der Waals surface area contributed by atoms with E-state index in [-0.39, 0.29) is 11.8 Å². The average molecular weight is 277 g/mol. The quantitative estimate of drug-likeness (QED) is 0.882. The van der Waals surface area contributed by atoms with E-state index in [9.17, 15) is 9.59 Å². The highest BCUT2D eigenvalue weighted by Gasteiger charge is 2.45. The Balaban J connectivity index is 1.83. The molecule has 0 unspecified atom stereocenters. The second-order valence-corrected chi connectivity index (χ2v) is 5.65. The molecule has 2 heterocycles. The Morgan fingerprint density at radius 2 is 2.10 bits per heavy atom. The number of nitrogens with zero attached hydrogens (tertiary/aromatic N) is 2. The number of nitrogens with one attached hydrogen (secondary N) is 1. The average Bonchev–Trinajstić information content (AvgIpc) is 2.93. The molecule has 1 saturated carbocycles. The maximum Gasteiger partial charge on any atom is 0.248 e. The van der Waals surface area contributed by atoms with Crippen molar-refractivity contribution in [2.45, 2.75) is 50.6 Å². The van der Waals surface area contributed by atoms with Gasteiger partial charge in [0.05, 0.1) is 12.7 Å². The van der Waals surface area contributed by atoms with Gasteiger partial charge in [0.15, 0.2) is 5.76 Å². The summed E-state index contributed by atoms with van der Waals surface area (Å²) in [5, 5.41) is 6.64. The zero-order chi connectivity index (χ0) is 14.0. The van der Waals surface area contributed by atoms with E-state index < -0.39 is 5.54 Å². The molecule has 1 aromatic heterocycles. The highest BCUT2D eigenvalue weighted by atomic mass is 16.5. The van der Waals surface area contributed by atoms with Gasteiger partial charge in [-0.25, -0.2) is 0 Å². The summed E-state index contributed by atoms with van der Waals surface area (Å²) in [5.74, 6) is 0.651. The monoisotopic (exact) mass is 277 g/mol. The zero-order valence-corrected chi connectivity index (χ0v) is 11.4. The molecule has 1 N–H and O–H groups in total. The standard InChI is InChI=1S/C14H19N3O3/c18-12-5-9-17(10-11-4-8-15-20-11)13(19)14(16-12)6-2-1-3-7-14/h4,8H,1-3,5-7,9-10H2,(H,16,18). The Morgan fingerprint density at radius 3 is 2.80 bits per heavy atom. The van der Waals surface area contributed by atoms with E-state index in [0.29, 0.717) is 25.3 Å². The third kappa shape index (κ3) is 2.42. The minimum atomic E-state index is -0.689. The molecule has 0 radical (unpaired) electrons. The Morgan fingerprint density at radius 1 is 1.30 bits per heavy atom. The lowest BCUT2D eigenvalue weighted by atomic mass is 9.80. The Bertz CT molecular complexity index is 492.